The quantitative estimate of drug-likeness (QED) is 0.275. The van der Waals surface area contributed by atoms with E-state index in [1.807, 2.05) is 6.07 Å². The van der Waals surface area contributed by atoms with E-state index in [4.69, 9.17) is 18.9 Å². The van der Waals surface area contributed by atoms with Gasteiger partial charge in [0.2, 0.25) is 0 Å². The maximum Gasteiger partial charge on any atom is 0.164 e. The van der Waals surface area contributed by atoms with Crippen LogP contribution in [-0.4, -0.2) is 65.6 Å². The zero-order valence-electron chi connectivity index (χ0n) is 23.7. The molecule has 1 aliphatic carbocycles. The first-order chi connectivity index (χ1) is 18.1. The summed E-state index contributed by atoms with van der Waals surface area (Å²) in [5.74, 6) is 3.36. The molecule has 0 bridgehead atoms. The molecule has 6 nitrogen and oxygen atoms in total. The summed E-state index contributed by atoms with van der Waals surface area (Å²) in [7, 11) is 6.83. The van der Waals surface area contributed by atoms with E-state index in [1.165, 1.54) is 68.3 Å². The summed E-state index contributed by atoms with van der Waals surface area (Å²) < 4.78 is 21.9. The van der Waals surface area contributed by atoms with Crippen molar-refractivity contribution in [3.8, 4) is 23.0 Å². The van der Waals surface area contributed by atoms with Gasteiger partial charge in [-0.3, -0.25) is 0 Å². The second kappa shape index (κ2) is 15.7. The molecule has 0 radical (unpaired) electrons. The van der Waals surface area contributed by atoms with Gasteiger partial charge in [-0.25, -0.2) is 0 Å². The van der Waals surface area contributed by atoms with Crippen molar-refractivity contribution in [3.05, 3.63) is 47.0 Å². The van der Waals surface area contributed by atoms with Crippen LogP contribution in [0.2, 0.25) is 0 Å². The Morgan fingerprint density at radius 3 is 2.30 bits per heavy atom. The van der Waals surface area contributed by atoms with E-state index in [9.17, 15) is 0 Å². The normalized spacial score (nSPS) is 14.9. The fraction of sp³-hybridized carbons (Fsp3) is 0.613. The zero-order chi connectivity index (χ0) is 26.5. The van der Waals surface area contributed by atoms with Gasteiger partial charge in [0, 0.05) is 11.6 Å². The smallest absolute Gasteiger partial charge is 0.164 e. The van der Waals surface area contributed by atoms with Gasteiger partial charge in [0.25, 0.3) is 0 Å². The molecule has 37 heavy (non-hydrogen) atoms. The first kappa shape index (κ1) is 29.1. The zero-order valence-corrected chi connectivity index (χ0v) is 23.7. The Hall–Kier alpha value is -2.44. The van der Waals surface area contributed by atoms with Gasteiger partial charge in [0.1, 0.15) is 0 Å². The minimum Gasteiger partial charge on any atom is -0.493 e. The lowest BCUT2D eigenvalue weighted by Crippen LogP contribution is -2.40. The molecule has 1 aliphatic rings. The fourth-order valence-electron chi connectivity index (χ4n) is 5.55. The van der Waals surface area contributed by atoms with Crippen LogP contribution in [0.1, 0.15) is 62.1 Å². The van der Waals surface area contributed by atoms with E-state index in [0.717, 1.165) is 55.4 Å². The van der Waals surface area contributed by atoms with Crippen molar-refractivity contribution in [1.29, 1.82) is 0 Å². The van der Waals surface area contributed by atoms with Gasteiger partial charge < -0.3 is 29.2 Å². The SMILES string of the molecule is CCCN(CCCCCCNCCc1ccc(OC)c(OC)c1)C1CCc2c(ccc(OC)c2OC)C1. The van der Waals surface area contributed by atoms with Crippen molar-refractivity contribution in [2.45, 2.75) is 70.8 Å². The molecule has 1 atom stereocenters. The van der Waals surface area contributed by atoms with Gasteiger partial charge in [-0.05, 0) is 100 Å². The summed E-state index contributed by atoms with van der Waals surface area (Å²) in [4.78, 5) is 2.74. The number of rotatable bonds is 17. The van der Waals surface area contributed by atoms with Crippen LogP contribution < -0.4 is 24.3 Å². The molecule has 0 heterocycles. The summed E-state index contributed by atoms with van der Waals surface area (Å²) in [5.41, 5.74) is 4.03. The Kier molecular flexibility index (Phi) is 12.4. The first-order valence-corrected chi connectivity index (χ1v) is 14.0. The van der Waals surface area contributed by atoms with Gasteiger partial charge in [-0.1, -0.05) is 31.9 Å². The minimum absolute atomic E-state index is 0.629. The summed E-state index contributed by atoms with van der Waals surface area (Å²) in [6.45, 7) is 6.75. The fourth-order valence-corrected chi connectivity index (χ4v) is 5.55. The third kappa shape index (κ3) is 8.27. The van der Waals surface area contributed by atoms with Crippen molar-refractivity contribution in [2.75, 3.05) is 54.6 Å². The number of fused-ring (bicyclic) bond motifs is 1. The summed E-state index contributed by atoms with van der Waals surface area (Å²) in [6, 6.07) is 11.1. The third-order valence-corrected chi connectivity index (χ3v) is 7.54. The van der Waals surface area contributed by atoms with Crippen LogP contribution in [0, 0.1) is 0 Å². The number of methoxy groups -OCH3 is 4. The molecule has 2 aromatic carbocycles. The van der Waals surface area contributed by atoms with Crippen LogP contribution in [0.15, 0.2) is 30.3 Å². The summed E-state index contributed by atoms with van der Waals surface area (Å²) in [6.07, 6.45) is 10.7. The molecule has 2 aromatic rings. The van der Waals surface area contributed by atoms with E-state index in [-0.39, 0.29) is 0 Å². The highest BCUT2D eigenvalue weighted by Crippen LogP contribution is 2.38. The second-order valence-electron chi connectivity index (χ2n) is 9.97. The molecular weight excluding hydrogens is 464 g/mol. The first-order valence-electron chi connectivity index (χ1n) is 14.0. The van der Waals surface area contributed by atoms with Crippen LogP contribution in [0.25, 0.3) is 0 Å². The molecule has 1 N–H and O–H groups in total. The number of ether oxygens (including phenoxy) is 4. The van der Waals surface area contributed by atoms with Crippen LogP contribution in [0.4, 0.5) is 0 Å². The number of unbranched alkanes of at least 4 members (excludes halogenated alkanes) is 3. The molecule has 0 saturated carbocycles. The largest absolute Gasteiger partial charge is 0.493 e. The molecule has 0 spiro atoms. The van der Waals surface area contributed by atoms with E-state index in [1.54, 1.807) is 28.4 Å². The van der Waals surface area contributed by atoms with Crippen molar-refractivity contribution in [2.24, 2.45) is 0 Å². The van der Waals surface area contributed by atoms with Crippen LogP contribution >= 0.6 is 0 Å². The van der Waals surface area contributed by atoms with Gasteiger partial charge in [-0.2, -0.15) is 0 Å². The standard InChI is InChI=1S/C31H48N2O4/c1-6-20-33(26-13-14-27-25(23-26)12-16-29(35-3)31(27)37-5)21-10-8-7-9-18-32-19-17-24-11-15-28(34-2)30(22-24)36-4/h11-12,15-16,22,26,32H,6-10,13-14,17-21,23H2,1-5H3. The molecule has 0 aromatic heterocycles. The van der Waals surface area contributed by atoms with E-state index in [0.29, 0.717) is 6.04 Å². The van der Waals surface area contributed by atoms with E-state index >= 15 is 0 Å². The van der Waals surface area contributed by atoms with E-state index < -0.39 is 0 Å². The monoisotopic (exact) mass is 512 g/mol. The molecule has 0 amide bonds. The highest BCUT2D eigenvalue weighted by molar-refractivity contribution is 5.52. The van der Waals surface area contributed by atoms with Crippen molar-refractivity contribution in [1.82, 2.24) is 10.2 Å². The average molecular weight is 513 g/mol. The van der Waals surface area contributed by atoms with Crippen LogP contribution in [-0.2, 0) is 19.3 Å². The lowest BCUT2D eigenvalue weighted by Gasteiger charge is -2.36. The minimum atomic E-state index is 0.629. The molecule has 3 rings (SSSR count). The number of nitrogens with zero attached hydrogens (tertiary/aromatic N) is 1. The molecule has 0 saturated heterocycles. The Morgan fingerprint density at radius 2 is 1.57 bits per heavy atom. The maximum atomic E-state index is 5.69. The third-order valence-electron chi connectivity index (χ3n) is 7.54. The van der Waals surface area contributed by atoms with Gasteiger partial charge >= 0.3 is 0 Å². The Labute approximate surface area is 224 Å². The Balaban J connectivity index is 1.34. The lowest BCUT2D eigenvalue weighted by molar-refractivity contribution is 0.175. The van der Waals surface area contributed by atoms with Gasteiger partial charge in [0.05, 0.1) is 28.4 Å². The van der Waals surface area contributed by atoms with Crippen molar-refractivity contribution >= 4 is 0 Å². The molecule has 0 aliphatic heterocycles. The Morgan fingerprint density at radius 1 is 0.811 bits per heavy atom. The number of hydrogen-bond donors (Lipinski definition) is 1. The molecule has 6 heteroatoms. The topological polar surface area (TPSA) is 52.2 Å². The van der Waals surface area contributed by atoms with Gasteiger partial charge in [0.15, 0.2) is 23.0 Å². The van der Waals surface area contributed by atoms with Gasteiger partial charge in [-0.15, -0.1) is 0 Å². The van der Waals surface area contributed by atoms with Crippen LogP contribution in [0.3, 0.4) is 0 Å². The van der Waals surface area contributed by atoms with Crippen molar-refractivity contribution in [3.63, 3.8) is 0 Å². The second-order valence-corrected chi connectivity index (χ2v) is 9.97. The molecule has 206 valence electrons. The predicted molar refractivity (Wildman–Crippen MR) is 152 cm³/mol. The Bertz CT molecular complexity index is 949. The number of hydrogen-bond acceptors (Lipinski definition) is 6. The van der Waals surface area contributed by atoms with Crippen molar-refractivity contribution < 1.29 is 18.9 Å². The maximum absolute atomic E-state index is 5.69. The highest BCUT2D eigenvalue weighted by atomic mass is 16.5. The molecular formula is C31H48N2O4. The summed E-state index contributed by atoms with van der Waals surface area (Å²) >= 11 is 0. The van der Waals surface area contributed by atoms with E-state index in [2.05, 4.69) is 41.4 Å². The predicted octanol–water partition coefficient (Wildman–Crippen LogP) is 5.68. The number of nitrogens with one attached hydrogen (secondary N) is 1. The highest BCUT2D eigenvalue weighted by Gasteiger charge is 2.27. The molecule has 1 unspecified atom stereocenters. The summed E-state index contributed by atoms with van der Waals surface area (Å²) in [5, 5.41) is 3.60. The van der Waals surface area contributed by atoms with Crippen LogP contribution in [0.5, 0.6) is 23.0 Å². The number of benzene rings is 2. The average Bonchev–Trinajstić information content (AvgIpc) is 2.94. The lowest BCUT2D eigenvalue weighted by atomic mass is 9.86. The molecule has 0 fully saturated rings.